The Hall–Kier alpha value is -4.94. The van der Waals surface area contributed by atoms with Crippen molar-refractivity contribution in [1.82, 2.24) is 40.1 Å². The van der Waals surface area contributed by atoms with E-state index in [9.17, 15) is 19.5 Å². The summed E-state index contributed by atoms with van der Waals surface area (Å²) < 4.78 is 0.684. The second-order valence-corrected chi connectivity index (χ2v) is 6.37. The van der Waals surface area contributed by atoms with Crippen LogP contribution in [-0.4, -0.2) is 56.8 Å². The number of benzene rings is 1. The maximum absolute atomic E-state index is 12.5. The molecule has 13 nitrogen and oxygen atoms in total. The minimum atomic E-state index is -1.09. The fourth-order valence-corrected chi connectivity index (χ4v) is 2.71. The van der Waals surface area contributed by atoms with Gasteiger partial charge in [0.2, 0.25) is 5.88 Å². The number of carboxylic acids is 1. The van der Waals surface area contributed by atoms with Crippen molar-refractivity contribution in [3.05, 3.63) is 82.2 Å². The summed E-state index contributed by atoms with van der Waals surface area (Å²) in [4.78, 5) is 44.4. The Morgan fingerprint density at radius 2 is 1.78 bits per heavy atom. The van der Waals surface area contributed by atoms with Gasteiger partial charge in [0.05, 0.1) is 17.4 Å². The molecule has 32 heavy (non-hydrogen) atoms. The van der Waals surface area contributed by atoms with Gasteiger partial charge in [-0.3, -0.25) is 14.6 Å². The van der Waals surface area contributed by atoms with Crippen LogP contribution in [0.5, 0.6) is 5.88 Å². The number of aromatic hydroxyl groups is 1. The fraction of sp³-hybridized carbons (Fsp3) is 0.0526. The number of carboxylic acid groups (broad SMARTS) is 1. The topological polar surface area (TPSA) is 178 Å². The number of carbonyl (C=O) groups excluding carboxylic acids is 1. The van der Waals surface area contributed by atoms with E-state index in [1.807, 2.05) is 0 Å². The van der Waals surface area contributed by atoms with Crippen LogP contribution in [0.1, 0.15) is 26.4 Å². The number of hydrogen-bond acceptors (Lipinski definition) is 9. The number of nitrogens with one attached hydrogen (secondary N) is 1. The average molecular weight is 434 g/mol. The molecule has 4 rings (SSSR count). The number of amides is 1. The molecule has 13 heteroatoms. The number of hydrogen-bond donors (Lipinski definition) is 3. The molecular weight excluding hydrogens is 420 g/mol. The Balaban J connectivity index is 1.61. The van der Waals surface area contributed by atoms with E-state index in [2.05, 4.69) is 30.7 Å². The third-order valence-electron chi connectivity index (χ3n) is 4.31. The summed E-state index contributed by atoms with van der Waals surface area (Å²) >= 11 is 0. The van der Waals surface area contributed by atoms with Crippen molar-refractivity contribution < 1.29 is 19.8 Å². The van der Waals surface area contributed by atoms with E-state index >= 15 is 0 Å². The van der Waals surface area contributed by atoms with Crippen LogP contribution in [0.4, 0.5) is 0 Å². The predicted octanol–water partition coefficient (Wildman–Crippen LogP) is -0.0630. The molecule has 0 saturated heterocycles. The largest absolute Gasteiger partial charge is 0.492 e. The van der Waals surface area contributed by atoms with Gasteiger partial charge in [-0.2, -0.15) is 0 Å². The number of nitrogens with zero attached hydrogens (tertiary/aromatic N) is 7. The zero-order valence-corrected chi connectivity index (χ0v) is 16.2. The Bertz CT molecular complexity index is 1350. The molecule has 0 aliphatic rings. The molecule has 3 heterocycles. The molecule has 3 aromatic heterocycles. The number of carbonyl (C=O) groups is 2. The van der Waals surface area contributed by atoms with Crippen LogP contribution >= 0.6 is 0 Å². The zero-order chi connectivity index (χ0) is 22.7. The first kappa shape index (κ1) is 20.3. The van der Waals surface area contributed by atoms with E-state index in [-0.39, 0.29) is 18.1 Å². The van der Waals surface area contributed by atoms with E-state index in [0.717, 1.165) is 16.6 Å². The molecule has 0 unspecified atom stereocenters. The van der Waals surface area contributed by atoms with Crippen molar-refractivity contribution in [3.8, 4) is 17.5 Å². The maximum atomic E-state index is 12.5. The summed E-state index contributed by atoms with van der Waals surface area (Å²) in [5.41, 5.74) is 0.0274. The predicted molar refractivity (Wildman–Crippen MR) is 107 cm³/mol. The van der Waals surface area contributed by atoms with Crippen molar-refractivity contribution in [3.63, 3.8) is 0 Å². The second-order valence-electron chi connectivity index (χ2n) is 6.37. The Kier molecular flexibility index (Phi) is 5.36. The van der Waals surface area contributed by atoms with E-state index in [1.54, 1.807) is 24.5 Å². The zero-order valence-electron chi connectivity index (χ0n) is 16.2. The highest BCUT2D eigenvalue weighted by molar-refractivity contribution is 5.94. The number of tetrazole rings is 1. The third-order valence-corrected chi connectivity index (χ3v) is 4.31. The van der Waals surface area contributed by atoms with Crippen LogP contribution in [0.2, 0.25) is 0 Å². The summed E-state index contributed by atoms with van der Waals surface area (Å²) in [5.74, 6) is -2.87. The second kappa shape index (κ2) is 8.43. The maximum Gasteiger partial charge on any atom is 0.335 e. The first-order valence-electron chi connectivity index (χ1n) is 9.06. The third kappa shape index (κ3) is 4.02. The Labute approximate surface area is 178 Å². The molecule has 0 saturated carbocycles. The number of aromatic carboxylic acids is 1. The summed E-state index contributed by atoms with van der Waals surface area (Å²) in [7, 11) is 0. The summed E-state index contributed by atoms with van der Waals surface area (Å²) in [6.07, 6.45) is 3.99. The summed E-state index contributed by atoms with van der Waals surface area (Å²) in [6.45, 7) is 0.155. The van der Waals surface area contributed by atoms with Gasteiger partial charge >= 0.3 is 5.97 Å². The molecule has 4 aromatic rings. The molecule has 0 spiro atoms. The van der Waals surface area contributed by atoms with Crippen LogP contribution in [0, 0.1) is 0 Å². The first-order chi connectivity index (χ1) is 15.4. The van der Waals surface area contributed by atoms with Gasteiger partial charge in [0.25, 0.3) is 17.4 Å². The molecule has 0 radical (unpaired) electrons. The number of pyridine rings is 1. The van der Waals surface area contributed by atoms with Crippen LogP contribution in [0.15, 0.2) is 59.8 Å². The lowest BCUT2D eigenvalue weighted by molar-refractivity contribution is 0.0696. The first-order valence-corrected chi connectivity index (χ1v) is 9.06. The number of rotatable bonds is 6. The molecule has 0 atom stereocenters. The molecule has 1 amide bonds. The average Bonchev–Trinajstić information content (AvgIpc) is 3.28. The van der Waals surface area contributed by atoms with Crippen LogP contribution in [0.25, 0.3) is 11.6 Å². The number of aromatic nitrogens is 7. The van der Waals surface area contributed by atoms with Gasteiger partial charge in [-0.1, -0.05) is 5.10 Å². The van der Waals surface area contributed by atoms with Gasteiger partial charge in [-0.05, 0) is 47.2 Å². The van der Waals surface area contributed by atoms with Crippen molar-refractivity contribution in [1.29, 1.82) is 0 Å². The molecule has 160 valence electrons. The van der Waals surface area contributed by atoms with Gasteiger partial charge in [-0.25, -0.2) is 14.3 Å². The van der Waals surface area contributed by atoms with Crippen LogP contribution in [-0.2, 0) is 6.54 Å². The SMILES string of the molecule is O=C(O)c1ccc(-n2nnc(-n3c(O)c(C(=O)NCc4ccncc4)ncc3=O)n2)cc1. The lowest BCUT2D eigenvalue weighted by Crippen LogP contribution is -2.28. The standard InChI is InChI=1S/C19H14N8O5/c28-14-10-21-15(16(29)22-9-11-5-7-20-8-6-11)17(30)26(14)19-23-25-27(24-19)13-3-1-12(2-4-13)18(31)32/h1-8,10,30H,9H2,(H,22,29)(H,31,32). The monoisotopic (exact) mass is 434 g/mol. The lowest BCUT2D eigenvalue weighted by atomic mass is 10.2. The Morgan fingerprint density at radius 3 is 2.47 bits per heavy atom. The van der Waals surface area contributed by atoms with E-state index in [0.29, 0.717) is 10.3 Å². The van der Waals surface area contributed by atoms with Crippen LogP contribution in [0.3, 0.4) is 0 Å². The summed E-state index contributed by atoms with van der Waals surface area (Å²) in [6, 6.07) is 9.01. The van der Waals surface area contributed by atoms with Gasteiger partial charge < -0.3 is 15.5 Å². The van der Waals surface area contributed by atoms with E-state index in [4.69, 9.17) is 5.11 Å². The molecule has 0 aliphatic heterocycles. The van der Waals surface area contributed by atoms with Gasteiger partial charge in [-0.15, -0.1) is 9.90 Å². The quantitative estimate of drug-likeness (QED) is 0.372. The van der Waals surface area contributed by atoms with E-state index in [1.165, 1.54) is 24.3 Å². The Morgan fingerprint density at radius 1 is 1.06 bits per heavy atom. The van der Waals surface area contributed by atoms with Crippen molar-refractivity contribution in [2.45, 2.75) is 6.54 Å². The molecule has 3 N–H and O–H groups in total. The highest BCUT2D eigenvalue weighted by atomic mass is 16.4. The van der Waals surface area contributed by atoms with Gasteiger partial charge in [0.1, 0.15) is 0 Å². The highest BCUT2D eigenvalue weighted by Gasteiger charge is 2.21. The minimum absolute atomic E-state index is 0.0690. The molecule has 0 aliphatic carbocycles. The lowest BCUT2D eigenvalue weighted by Gasteiger charge is -2.08. The van der Waals surface area contributed by atoms with Gasteiger partial charge in [0, 0.05) is 18.9 Å². The fourth-order valence-electron chi connectivity index (χ4n) is 2.71. The normalized spacial score (nSPS) is 10.6. The molecule has 0 bridgehead atoms. The summed E-state index contributed by atoms with van der Waals surface area (Å²) in [5, 5.41) is 33.6. The highest BCUT2D eigenvalue weighted by Crippen LogP contribution is 2.15. The van der Waals surface area contributed by atoms with E-state index < -0.39 is 29.0 Å². The van der Waals surface area contributed by atoms with Crippen LogP contribution < -0.4 is 10.9 Å². The minimum Gasteiger partial charge on any atom is -0.492 e. The van der Waals surface area contributed by atoms with Crippen molar-refractivity contribution in [2.24, 2.45) is 0 Å². The van der Waals surface area contributed by atoms with Gasteiger partial charge in [0.15, 0.2) is 5.69 Å². The molecule has 1 aromatic carbocycles. The van der Waals surface area contributed by atoms with Crippen molar-refractivity contribution in [2.75, 3.05) is 0 Å². The van der Waals surface area contributed by atoms with Crippen molar-refractivity contribution >= 4 is 11.9 Å². The smallest absolute Gasteiger partial charge is 0.335 e. The molecular formula is C19H14N8O5. The molecule has 0 fully saturated rings.